The van der Waals surface area contributed by atoms with Crippen LogP contribution in [0.5, 0.6) is 0 Å². The van der Waals surface area contributed by atoms with Crippen molar-refractivity contribution in [2.45, 2.75) is 411 Å². The molecule has 0 amide bonds. The average Bonchev–Trinajstić information content (AvgIpc) is 1.50. The number of nitrogens with zero attached hydrogens (tertiary/aromatic N) is 4. The van der Waals surface area contributed by atoms with Crippen molar-refractivity contribution in [2.24, 2.45) is 0 Å². The molecule has 536 valence electrons. The lowest BCUT2D eigenvalue weighted by atomic mass is 9.66. The van der Waals surface area contributed by atoms with E-state index in [0.29, 0.717) is 70.0 Å². The maximum absolute atomic E-state index is 20.4. The topological polar surface area (TPSA) is 137 Å². The molecule has 1 saturated heterocycles. The van der Waals surface area contributed by atoms with Crippen molar-refractivity contribution in [3.05, 3.63) is 46.0 Å². The van der Waals surface area contributed by atoms with Gasteiger partial charge in [0.15, 0.2) is 0 Å². The smallest absolute Gasteiger partial charge is 0.423 e. The zero-order valence-electron chi connectivity index (χ0n) is 62.2. The molecule has 10 nitrogen and oxygen atoms in total. The Kier molecular flexibility index (Phi) is 32.6. The molecule has 2 aromatic heterocycles. The Bertz CT molecular complexity index is 3000. The molecule has 5 aromatic rings. The summed E-state index contributed by atoms with van der Waals surface area (Å²) in [6, 6.07) is 3.96. The van der Waals surface area contributed by atoms with Gasteiger partial charge in [-0.15, -0.1) is 0 Å². The van der Waals surface area contributed by atoms with Gasteiger partial charge in [0.1, 0.15) is 33.7 Å². The zero-order valence-corrected chi connectivity index (χ0v) is 62.2. The van der Waals surface area contributed by atoms with E-state index in [2.05, 4.69) is 76.9 Å². The first-order valence-electron chi connectivity index (χ1n) is 40.6. The van der Waals surface area contributed by atoms with Crippen molar-refractivity contribution in [2.75, 3.05) is 0 Å². The molecule has 3 heterocycles. The van der Waals surface area contributed by atoms with Crippen molar-refractivity contribution >= 4 is 47.2 Å². The number of unbranched alkanes of at least 4 members (excludes halogenated alkanes) is 44. The predicted octanol–water partition coefficient (Wildman–Crippen LogP) is 23.9. The van der Waals surface area contributed by atoms with Gasteiger partial charge < -0.3 is 19.4 Å². The van der Waals surface area contributed by atoms with E-state index in [-0.39, 0.29) is 27.6 Å². The first-order chi connectivity index (χ1) is 46.7. The van der Waals surface area contributed by atoms with Crippen LogP contribution in [0.4, 0.5) is 8.78 Å². The number of halogens is 2. The molecular formula is C82H132B2F2N4O6. The van der Waals surface area contributed by atoms with Crippen LogP contribution in [-0.2, 0) is 20.1 Å². The van der Waals surface area contributed by atoms with Crippen LogP contribution >= 0.6 is 0 Å². The summed E-state index contributed by atoms with van der Waals surface area (Å²) in [5, 5.41) is 40.8. The van der Waals surface area contributed by atoms with Gasteiger partial charge in [-0.2, -0.15) is 0 Å². The van der Waals surface area contributed by atoms with E-state index in [1.165, 1.54) is 205 Å². The van der Waals surface area contributed by atoms with Crippen molar-refractivity contribution in [1.82, 2.24) is 20.6 Å². The SMILES string of the molecule is CCCCCCCCCCCCCCC1(CCCCCCCCCCCCCC)c2cc(B(O)O)c3nonc3c2-c2c(F)c3c(c(F)c21)-c1c(cc(B2OC(C)(C)C(C)(C)O2)c2nonc12)C3(CCCCCCCCCCCCCC)CCCCCCCCCCCCCC. The van der Waals surface area contributed by atoms with Crippen LogP contribution in [0.3, 0.4) is 0 Å². The normalized spacial score (nSPS) is 15.6. The van der Waals surface area contributed by atoms with E-state index >= 15 is 8.78 Å². The summed E-state index contributed by atoms with van der Waals surface area (Å²) in [6.07, 6.45) is 59.5. The average molecular weight is 1330 g/mol. The maximum Gasteiger partial charge on any atom is 0.497 e. The summed E-state index contributed by atoms with van der Waals surface area (Å²) >= 11 is 0. The number of hydrogen-bond acceptors (Lipinski definition) is 10. The lowest BCUT2D eigenvalue weighted by molar-refractivity contribution is 0.00578. The molecule has 2 N–H and O–H groups in total. The van der Waals surface area contributed by atoms with E-state index in [9.17, 15) is 10.0 Å². The molecule has 1 aliphatic heterocycles. The fourth-order valence-electron chi connectivity index (χ4n) is 17.2. The molecule has 8 rings (SSSR count). The first-order valence-corrected chi connectivity index (χ1v) is 40.6. The first kappa shape index (κ1) is 78.0. The van der Waals surface area contributed by atoms with Crippen LogP contribution < -0.4 is 10.9 Å². The largest absolute Gasteiger partial charge is 0.497 e. The fraction of sp³-hybridized carbons (Fsp3) is 0.780. The van der Waals surface area contributed by atoms with Gasteiger partial charge in [-0.25, -0.2) is 18.0 Å². The van der Waals surface area contributed by atoms with Crippen molar-refractivity contribution in [3.63, 3.8) is 0 Å². The van der Waals surface area contributed by atoms with Crippen molar-refractivity contribution in [3.8, 4) is 22.3 Å². The van der Waals surface area contributed by atoms with Gasteiger partial charge >= 0.3 is 14.2 Å². The second-order valence-electron chi connectivity index (χ2n) is 31.5. The van der Waals surface area contributed by atoms with Crippen LogP contribution in [0.25, 0.3) is 44.3 Å². The van der Waals surface area contributed by atoms with Gasteiger partial charge in [-0.3, -0.25) is 0 Å². The number of fused-ring (bicyclic) bond motifs is 10. The van der Waals surface area contributed by atoms with Gasteiger partial charge in [0.2, 0.25) is 0 Å². The molecule has 14 heteroatoms. The Morgan fingerprint density at radius 1 is 0.344 bits per heavy atom. The van der Waals surface area contributed by atoms with Crippen LogP contribution in [0, 0.1) is 11.6 Å². The van der Waals surface area contributed by atoms with Crippen LogP contribution in [-0.4, -0.2) is 56.1 Å². The van der Waals surface area contributed by atoms with E-state index in [1.807, 2.05) is 6.07 Å². The third-order valence-electron chi connectivity index (χ3n) is 23.6. The molecule has 96 heavy (non-hydrogen) atoms. The molecule has 0 unspecified atom stereocenters. The Morgan fingerprint density at radius 3 is 0.885 bits per heavy atom. The van der Waals surface area contributed by atoms with Gasteiger partial charge in [-0.1, -0.05) is 358 Å². The lowest BCUT2D eigenvalue weighted by Gasteiger charge is -2.35. The molecule has 0 atom stereocenters. The number of hydrogen-bond donors (Lipinski definition) is 2. The van der Waals surface area contributed by atoms with Gasteiger partial charge in [0.25, 0.3) is 0 Å². The Hall–Kier alpha value is -3.71. The highest BCUT2D eigenvalue weighted by molar-refractivity contribution is 6.65. The van der Waals surface area contributed by atoms with Gasteiger partial charge in [0.05, 0.1) is 11.2 Å². The maximum atomic E-state index is 20.4. The summed E-state index contributed by atoms with van der Waals surface area (Å²) in [6.45, 7) is 17.3. The highest BCUT2D eigenvalue weighted by Crippen LogP contribution is 2.65. The van der Waals surface area contributed by atoms with Crippen LogP contribution in [0.15, 0.2) is 21.4 Å². The van der Waals surface area contributed by atoms with E-state index < -0.39 is 47.9 Å². The molecule has 0 bridgehead atoms. The zero-order chi connectivity index (χ0) is 68.2. The lowest BCUT2D eigenvalue weighted by Crippen LogP contribution is -2.41. The molecular weight excluding hydrogens is 1200 g/mol. The molecule has 0 spiro atoms. The summed E-state index contributed by atoms with van der Waals surface area (Å²) in [5.74, 6) is -0.849. The molecule has 1 fully saturated rings. The Balaban J connectivity index is 1.23. The molecule has 3 aromatic carbocycles. The van der Waals surface area contributed by atoms with Gasteiger partial charge in [0, 0.05) is 55.1 Å². The summed E-state index contributed by atoms with van der Waals surface area (Å²) in [5.41, 5.74) is 2.56. The van der Waals surface area contributed by atoms with E-state index in [1.54, 1.807) is 0 Å². The predicted molar refractivity (Wildman–Crippen MR) is 398 cm³/mol. The monoisotopic (exact) mass is 1330 g/mol. The Morgan fingerprint density at radius 2 is 0.594 bits per heavy atom. The molecule has 2 aliphatic carbocycles. The number of rotatable bonds is 54. The summed E-state index contributed by atoms with van der Waals surface area (Å²) < 4.78 is 65.9. The number of benzene rings is 3. The summed E-state index contributed by atoms with van der Waals surface area (Å²) in [4.78, 5) is 0. The fourth-order valence-corrected chi connectivity index (χ4v) is 17.2. The van der Waals surface area contributed by atoms with Crippen LogP contribution in [0.1, 0.15) is 412 Å². The van der Waals surface area contributed by atoms with E-state index in [0.717, 1.165) is 108 Å². The third-order valence-corrected chi connectivity index (χ3v) is 23.6. The number of aromatic nitrogens is 4. The second-order valence-corrected chi connectivity index (χ2v) is 31.5. The second kappa shape index (κ2) is 40.1. The molecule has 0 radical (unpaired) electrons. The molecule has 3 aliphatic rings. The van der Waals surface area contributed by atoms with Crippen molar-refractivity contribution in [1.29, 1.82) is 0 Å². The highest BCUT2D eigenvalue weighted by atomic mass is 19.1. The standard InChI is InChI=1S/C82H132B2F2N4O6/c1-9-13-17-21-25-29-33-37-41-45-49-53-57-81(58-54-50-46-42-38-34-30-26-22-18-14-10-2)63-61-65(83(91)92)75-77(89-95-87-75)67(63)69-71(81)74(86)70-68-64(62-66(76-78(68)90-96-88-76)84-93-79(5,6)80(7,8)94-84)82(72(70)73(69)85,59-55-51-47-43-39-35-31-27-23-19-15-11-3)60-56-52-48-44-40-36-32-28-24-20-16-12-4/h61-62,91-92H,9-60H2,1-8H3. The summed E-state index contributed by atoms with van der Waals surface area (Å²) in [7, 11) is -2.75. The third kappa shape index (κ3) is 19.7. The quantitative estimate of drug-likeness (QED) is 0.0286. The minimum absolute atomic E-state index is 0.143. The minimum atomic E-state index is -1.92. The minimum Gasteiger partial charge on any atom is -0.423 e. The van der Waals surface area contributed by atoms with E-state index in [4.69, 9.17) is 23.7 Å². The Labute approximate surface area is 581 Å². The van der Waals surface area contributed by atoms with Gasteiger partial charge in [-0.05, 0) is 74.8 Å². The highest BCUT2D eigenvalue weighted by Gasteiger charge is 2.57. The van der Waals surface area contributed by atoms with Crippen LogP contribution in [0.2, 0.25) is 0 Å². The molecule has 0 saturated carbocycles. The van der Waals surface area contributed by atoms with Crippen molar-refractivity contribution < 1.29 is 37.4 Å².